The second kappa shape index (κ2) is 10.6. The topological polar surface area (TPSA) is 6.48 Å². The van der Waals surface area contributed by atoms with E-state index < -0.39 is 0 Å². The van der Waals surface area contributed by atoms with Crippen LogP contribution in [0.5, 0.6) is 0 Å². The Morgan fingerprint density at radius 1 is 0.600 bits per heavy atom. The van der Waals surface area contributed by atoms with E-state index in [1.807, 2.05) is 0 Å². The Labute approximate surface area is 127 Å². The summed E-state index contributed by atoms with van der Waals surface area (Å²) in [5.41, 5.74) is 0. The molecule has 1 rings (SSSR count). The molecule has 1 aliphatic rings. The van der Waals surface area contributed by atoms with Crippen molar-refractivity contribution in [2.75, 3.05) is 26.2 Å². The Morgan fingerprint density at radius 2 is 0.900 bits per heavy atom. The lowest BCUT2D eigenvalue weighted by atomic mass is 9.87. The molecule has 0 aliphatic heterocycles. The molecule has 0 amide bonds. The molecular formula is C18H38N2. The van der Waals surface area contributed by atoms with E-state index >= 15 is 0 Å². The average molecular weight is 283 g/mol. The molecule has 2 atom stereocenters. The summed E-state index contributed by atoms with van der Waals surface area (Å²) in [5.74, 6) is 0. The zero-order chi connectivity index (χ0) is 14.8. The first-order chi connectivity index (χ1) is 9.78. The Balaban J connectivity index is 2.75. The van der Waals surface area contributed by atoms with Crippen molar-refractivity contribution in [3.05, 3.63) is 0 Å². The summed E-state index contributed by atoms with van der Waals surface area (Å²) >= 11 is 0. The van der Waals surface area contributed by atoms with Crippen LogP contribution in [0.2, 0.25) is 0 Å². The summed E-state index contributed by atoms with van der Waals surface area (Å²) in [5, 5.41) is 0. The molecule has 20 heavy (non-hydrogen) atoms. The largest absolute Gasteiger partial charge is 0.299 e. The standard InChI is InChI=1S/C18H38N2/c1-5-13-19(14-6-2)17-11-9-10-12-18(17)20(15-7-3)16-8-4/h17-18H,5-16H2,1-4H3. The van der Waals surface area contributed by atoms with Gasteiger partial charge in [0.1, 0.15) is 0 Å². The quantitative estimate of drug-likeness (QED) is 0.580. The Morgan fingerprint density at radius 3 is 1.15 bits per heavy atom. The van der Waals surface area contributed by atoms with Gasteiger partial charge >= 0.3 is 0 Å². The van der Waals surface area contributed by atoms with Gasteiger partial charge in [0, 0.05) is 12.1 Å². The van der Waals surface area contributed by atoms with Crippen LogP contribution < -0.4 is 0 Å². The molecule has 0 spiro atoms. The van der Waals surface area contributed by atoms with Gasteiger partial charge in [-0.1, -0.05) is 40.5 Å². The molecule has 2 nitrogen and oxygen atoms in total. The number of hydrogen-bond acceptors (Lipinski definition) is 2. The summed E-state index contributed by atoms with van der Waals surface area (Å²) in [6.45, 7) is 14.5. The molecule has 0 N–H and O–H groups in total. The Kier molecular flexibility index (Phi) is 9.54. The molecular weight excluding hydrogens is 244 g/mol. The van der Waals surface area contributed by atoms with E-state index in [2.05, 4.69) is 37.5 Å². The molecule has 0 saturated heterocycles. The normalized spacial score (nSPS) is 23.7. The van der Waals surface area contributed by atoms with Gasteiger partial charge in [-0.3, -0.25) is 9.80 Å². The van der Waals surface area contributed by atoms with Crippen molar-refractivity contribution in [1.82, 2.24) is 9.80 Å². The summed E-state index contributed by atoms with van der Waals surface area (Å²) in [4.78, 5) is 5.62. The molecule has 120 valence electrons. The van der Waals surface area contributed by atoms with Crippen molar-refractivity contribution in [1.29, 1.82) is 0 Å². The summed E-state index contributed by atoms with van der Waals surface area (Å²) in [7, 11) is 0. The van der Waals surface area contributed by atoms with Crippen LogP contribution in [-0.2, 0) is 0 Å². The SMILES string of the molecule is CCCN(CCC)C1CCCCC1N(CCC)CCC. The highest BCUT2D eigenvalue weighted by Crippen LogP contribution is 2.28. The van der Waals surface area contributed by atoms with Gasteiger partial charge in [-0.15, -0.1) is 0 Å². The maximum atomic E-state index is 2.81. The average Bonchev–Trinajstić information content (AvgIpc) is 2.47. The van der Waals surface area contributed by atoms with Crippen molar-refractivity contribution >= 4 is 0 Å². The van der Waals surface area contributed by atoms with Gasteiger partial charge in [0.25, 0.3) is 0 Å². The van der Waals surface area contributed by atoms with Crippen molar-refractivity contribution in [3.63, 3.8) is 0 Å². The summed E-state index contributed by atoms with van der Waals surface area (Å²) in [6, 6.07) is 1.64. The van der Waals surface area contributed by atoms with E-state index in [0.29, 0.717) is 0 Å². The molecule has 2 heteroatoms. The van der Waals surface area contributed by atoms with Gasteiger partial charge in [0.05, 0.1) is 0 Å². The highest BCUT2D eigenvalue weighted by Gasteiger charge is 2.32. The second-order valence-corrected chi connectivity index (χ2v) is 6.49. The monoisotopic (exact) mass is 282 g/mol. The fraction of sp³-hybridized carbons (Fsp3) is 1.00. The number of nitrogens with zero attached hydrogens (tertiary/aromatic N) is 2. The van der Waals surface area contributed by atoms with Crippen LogP contribution in [0.15, 0.2) is 0 Å². The van der Waals surface area contributed by atoms with Crippen molar-refractivity contribution < 1.29 is 0 Å². The summed E-state index contributed by atoms with van der Waals surface area (Å²) in [6.07, 6.45) is 10.9. The van der Waals surface area contributed by atoms with Crippen molar-refractivity contribution in [2.24, 2.45) is 0 Å². The van der Waals surface area contributed by atoms with E-state index in [4.69, 9.17) is 0 Å². The lowest BCUT2D eigenvalue weighted by Crippen LogP contribution is -2.54. The van der Waals surface area contributed by atoms with E-state index in [0.717, 1.165) is 12.1 Å². The molecule has 0 bridgehead atoms. The molecule has 0 aromatic carbocycles. The first-order valence-corrected chi connectivity index (χ1v) is 9.26. The van der Waals surface area contributed by atoms with E-state index in [-0.39, 0.29) is 0 Å². The fourth-order valence-electron chi connectivity index (χ4n) is 3.98. The fourth-order valence-corrected chi connectivity index (χ4v) is 3.98. The van der Waals surface area contributed by atoms with Crippen LogP contribution in [0.4, 0.5) is 0 Å². The third-order valence-corrected chi connectivity index (χ3v) is 4.68. The molecule has 0 aromatic rings. The molecule has 1 fully saturated rings. The summed E-state index contributed by atoms with van der Waals surface area (Å²) < 4.78 is 0. The number of rotatable bonds is 10. The molecule has 1 aliphatic carbocycles. The van der Waals surface area contributed by atoms with Crippen LogP contribution in [0.25, 0.3) is 0 Å². The lowest BCUT2D eigenvalue weighted by Gasteiger charge is -2.45. The van der Waals surface area contributed by atoms with Crippen LogP contribution >= 0.6 is 0 Å². The smallest absolute Gasteiger partial charge is 0.0251 e. The maximum absolute atomic E-state index is 2.81. The van der Waals surface area contributed by atoms with Gasteiger partial charge in [0.15, 0.2) is 0 Å². The maximum Gasteiger partial charge on any atom is 0.0251 e. The van der Waals surface area contributed by atoms with Crippen molar-refractivity contribution in [3.8, 4) is 0 Å². The predicted octanol–water partition coefficient (Wildman–Crippen LogP) is 4.54. The van der Waals surface area contributed by atoms with Gasteiger partial charge < -0.3 is 0 Å². The highest BCUT2D eigenvalue weighted by molar-refractivity contribution is 4.90. The lowest BCUT2D eigenvalue weighted by molar-refractivity contribution is 0.0470. The third-order valence-electron chi connectivity index (χ3n) is 4.68. The zero-order valence-electron chi connectivity index (χ0n) is 14.5. The second-order valence-electron chi connectivity index (χ2n) is 6.49. The number of hydrogen-bond donors (Lipinski definition) is 0. The van der Waals surface area contributed by atoms with Gasteiger partial charge in [0.2, 0.25) is 0 Å². The molecule has 2 unspecified atom stereocenters. The predicted molar refractivity (Wildman–Crippen MR) is 90.4 cm³/mol. The van der Waals surface area contributed by atoms with Gasteiger partial charge in [-0.2, -0.15) is 0 Å². The van der Waals surface area contributed by atoms with Crippen LogP contribution in [-0.4, -0.2) is 48.1 Å². The highest BCUT2D eigenvalue weighted by atomic mass is 15.2. The van der Waals surface area contributed by atoms with E-state index in [9.17, 15) is 0 Å². The molecule has 0 aromatic heterocycles. The van der Waals surface area contributed by atoms with Gasteiger partial charge in [-0.05, 0) is 64.7 Å². The first-order valence-electron chi connectivity index (χ1n) is 9.26. The minimum Gasteiger partial charge on any atom is -0.299 e. The molecule has 1 saturated carbocycles. The van der Waals surface area contributed by atoms with E-state index in [1.54, 1.807) is 0 Å². The first kappa shape index (κ1) is 18.0. The van der Waals surface area contributed by atoms with Crippen LogP contribution in [0, 0.1) is 0 Å². The van der Waals surface area contributed by atoms with Crippen molar-refractivity contribution in [2.45, 2.75) is 91.1 Å². The molecule has 0 heterocycles. The minimum absolute atomic E-state index is 0.821. The molecule has 0 radical (unpaired) electrons. The van der Waals surface area contributed by atoms with Crippen LogP contribution in [0.1, 0.15) is 79.1 Å². The van der Waals surface area contributed by atoms with Crippen LogP contribution in [0.3, 0.4) is 0 Å². The third kappa shape index (κ3) is 5.37. The van der Waals surface area contributed by atoms with Gasteiger partial charge in [-0.25, -0.2) is 0 Å². The van der Waals surface area contributed by atoms with E-state index in [1.165, 1.54) is 77.5 Å². The zero-order valence-corrected chi connectivity index (χ0v) is 14.5. The Bertz CT molecular complexity index is 193. The Hall–Kier alpha value is -0.0800. The minimum atomic E-state index is 0.821.